The van der Waals surface area contributed by atoms with Gasteiger partial charge in [0, 0.05) is 22.3 Å². The average Bonchev–Trinajstić information content (AvgIpc) is 2.33. The van der Waals surface area contributed by atoms with E-state index in [1.807, 2.05) is 13.0 Å². The number of aryl methyl sites for hydroxylation is 1. The van der Waals surface area contributed by atoms with Crippen LogP contribution in [-0.2, 0) is 0 Å². The highest BCUT2D eigenvalue weighted by atomic mass is 79.9. The maximum Gasteiger partial charge on any atom is 0.216 e. The van der Waals surface area contributed by atoms with Crippen molar-refractivity contribution >= 4 is 15.9 Å². The normalized spacial score (nSPS) is 20.2. The van der Waals surface area contributed by atoms with Gasteiger partial charge in [-0.25, -0.2) is 4.98 Å². The van der Waals surface area contributed by atoms with E-state index in [-0.39, 0.29) is 0 Å². The van der Waals surface area contributed by atoms with Gasteiger partial charge in [-0.15, -0.1) is 0 Å². The highest BCUT2D eigenvalue weighted by molar-refractivity contribution is 9.10. The number of pyridine rings is 1. The van der Waals surface area contributed by atoms with Crippen LogP contribution >= 0.6 is 15.9 Å². The topological polar surface area (TPSA) is 34.1 Å². The molecule has 94 valence electrons. The minimum atomic E-state index is 0.625. The van der Waals surface area contributed by atoms with Gasteiger partial charge in [-0.1, -0.05) is 6.42 Å². The van der Waals surface area contributed by atoms with Crippen LogP contribution in [0.15, 0.2) is 16.7 Å². The predicted molar refractivity (Wildman–Crippen MR) is 72.4 cm³/mol. The third-order valence-electron chi connectivity index (χ3n) is 3.11. The third kappa shape index (κ3) is 3.96. The van der Waals surface area contributed by atoms with Gasteiger partial charge in [0.15, 0.2) is 0 Å². The van der Waals surface area contributed by atoms with Crippen molar-refractivity contribution in [2.45, 2.75) is 38.6 Å². The zero-order valence-corrected chi connectivity index (χ0v) is 11.8. The molecule has 3 nitrogen and oxygen atoms in total. The maximum absolute atomic E-state index is 5.72. The minimum absolute atomic E-state index is 0.625. The molecule has 0 amide bonds. The number of rotatable bonds is 4. The highest BCUT2D eigenvalue weighted by Gasteiger charge is 2.12. The number of aromatic nitrogens is 1. The van der Waals surface area contributed by atoms with E-state index in [1.54, 1.807) is 6.20 Å². The molecule has 2 heterocycles. The number of nitrogens with one attached hydrogen (secondary N) is 1. The lowest BCUT2D eigenvalue weighted by atomic mass is 10.0. The predicted octanol–water partition coefficient (Wildman–Crippen LogP) is 3.06. The van der Waals surface area contributed by atoms with E-state index in [0.29, 0.717) is 6.04 Å². The first-order chi connectivity index (χ1) is 8.25. The fraction of sp³-hybridized carbons (Fsp3) is 0.615. The molecule has 17 heavy (non-hydrogen) atoms. The van der Waals surface area contributed by atoms with Gasteiger partial charge in [-0.3, -0.25) is 0 Å². The Kier molecular flexibility index (Phi) is 4.80. The average molecular weight is 299 g/mol. The van der Waals surface area contributed by atoms with Crippen LogP contribution in [0.4, 0.5) is 0 Å². The zero-order valence-electron chi connectivity index (χ0n) is 10.2. The lowest BCUT2D eigenvalue weighted by Crippen LogP contribution is -2.35. The van der Waals surface area contributed by atoms with Crippen LogP contribution in [0, 0.1) is 6.92 Å². The molecule has 1 aromatic rings. The lowest BCUT2D eigenvalue weighted by Gasteiger charge is -2.23. The van der Waals surface area contributed by atoms with Gasteiger partial charge in [0.05, 0.1) is 6.61 Å². The molecule has 0 saturated carbocycles. The second-order valence-electron chi connectivity index (χ2n) is 4.56. The summed E-state index contributed by atoms with van der Waals surface area (Å²) in [4.78, 5) is 4.27. The van der Waals surface area contributed by atoms with Crippen molar-refractivity contribution < 1.29 is 4.74 Å². The van der Waals surface area contributed by atoms with Crippen molar-refractivity contribution in [1.29, 1.82) is 0 Å². The summed E-state index contributed by atoms with van der Waals surface area (Å²) < 4.78 is 6.72. The zero-order chi connectivity index (χ0) is 12.1. The van der Waals surface area contributed by atoms with Crippen LogP contribution in [-0.4, -0.2) is 24.2 Å². The number of piperidine rings is 1. The van der Waals surface area contributed by atoms with E-state index in [1.165, 1.54) is 19.3 Å². The van der Waals surface area contributed by atoms with Crippen LogP contribution in [0.3, 0.4) is 0 Å². The molecule has 0 radical (unpaired) electrons. The van der Waals surface area contributed by atoms with Crippen molar-refractivity contribution in [2.24, 2.45) is 0 Å². The van der Waals surface area contributed by atoms with Gasteiger partial charge in [0.25, 0.3) is 0 Å². The summed E-state index contributed by atoms with van der Waals surface area (Å²) in [5.41, 5.74) is 1.08. The minimum Gasteiger partial charge on any atom is -0.477 e. The molecular weight excluding hydrogens is 280 g/mol. The fourth-order valence-corrected chi connectivity index (χ4v) is 2.59. The molecule has 1 aromatic heterocycles. The molecule has 0 bridgehead atoms. The molecule has 2 rings (SSSR count). The van der Waals surface area contributed by atoms with Crippen molar-refractivity contribution in [3.05, 3.63) is 22.3 Å². The number of nitrogens with zero attached hydrogens (tertiary/aromatic N) is 1. The van der Waals surface area contributed by atoms with Gasteiger partial charge in [0.2, 0.25) is 5.88 Å². The molecule has 1 aliphatic rings. The van der Waals surface area contributed by atoms with Gasteiger partial charge < -0.3 is 10.1 Å². The van der Waals surface area contributed by atoms with E-state index in [0.717, 1.165) is 35.5 Å². The first-order valence-electron chi connectivity index (χ1n) is 6.24. The van der Waals surface area contributed by atoms with Crippen LogP contribution in [0.2, 0.25) is 0 Å². The van der Waals surface area contributed by atoms with E-state index >= 15 is 0 Å². The van der Waals surface area contributed by atoms with Crippen LogP contribution in [0.1, 0.15) is 31.2 Å². The Hall–Kier alpha value is -0.610. The second kappa shape index (κ2) is 6.36. The van der Waals surface area contributed by atoms with Gasteiger partial charge in [-0.05, 0) is 54.7 Å². The summed E-state index contributed by atoms with van der Waals surface area (Å²) >= 11 is 3.40. The Morgan fingerprint density at radius 1 is 1.53 bits per heavy atom. The van der Waals surface area contributed by atoms with E-state index in [9.17, 15) is 0 Å². The molecule has 4 heteroatoms. The van der Waals surface area contributed by atoms with Crippen LogP contribution in [0.5, 0.6) is 5.88 Å². The molecule has 1 unspecified atom stereocenters. The Bertz CT molecular complexity index is 364. The molecule has 1 N–H and O–H groups in total. The Labute approximate surface area is 111 Å². The summed E-state index contributed by atoms with van der Waals surface area (Å²) in [5, 5.41) is 3.52. The van der Waals surface area contributed by atoms with Gasteiger partial charge >= 0.3 is 0 Å². The Morgan fingerprint density at radius 3 is 3.12 bits per heavy atom. The maximum atomic E-state index is 5.72. The van der Waals surface area contributed by atoms with E-state index < -0.39 is 0 Å². The summed E-state index contributed by atoms with van der Waals surface area (Å²) in [6, 6.07) is 2.65. The highest BCUT2D eigenvalue weighted by Crippen LogP contribution is 2.19. The summed E-state index contributed by atoms with van der Waals surface area (Å²) in [6.45, 7) is 3.92. The molecular formula is C13H19BrN2O. The van der Waals surface area contributed by atoms with Crippen molar-refractivity contribution in [3.63, 3.8) is 0 Å². The first-order valence-corrected chi connectivity index (χ1v) is 7.03. The molecule has 0 aliphatic carbocycles. The molecule has 1 fully saturated rings. The van der Waals surface area contributed by atoms with Gasteiger partial charge in [0.1, 0.15) is 0 Å². The number of hydrogen-bond donors (Lipinski definition) is 1. The van der Waals surface area contributed by atoms with Crippen LogP contribution in [0.25, 0.3) is 0 Å². The standard InChI is InChI=1S/C13H19BrN2O/c1-10-8-11(14)9-16-13(10)17-7-5-12-4-2-3-6-15-12/h8-9,12,15H,2-7H2,1H3. The van der Waals surface area contributed by atoms with E-state index in [2.05, 4.69) is 26.2 Å². The smallest absolute Gasteiger partial charge is 0.216 e. The Balaban J connectivity index is 1.77. The molecule has 1 aliphatic heterocycles. The van der Waals surface area contributed by atoms with E-state index in [4.69, 9.17) is 4.74 Å². The number of ether oxygens (including phenoxy) is 1. The molecule has 1 saturated heterocycles. The second-order valence-corrected chi connectivity index (χ2v) is 5.48. The molecule has 0 spiro atoms. The first kappa shape index (κ1) is 12.8. The monoisotopic (exact) mass is 298 g/mol. The third-order valence-corrected chi connectivity index (χ3v) is 3.55. The van der Waals surface area contributed by atoms with Crippen molar-refractivity contribution in [1.82, 2.24) is 10.3 Å². The Morgan fingerprint density at radius 2 is 2.41 bits per heavy atom. The number of hydrogen-bond acceptors (Lipinski definition) is 3. The van der Waals surface area contributed by atoms with Gasteiger partial charge in [-0.2, -0.15) is 0 Å². The van der Waals surface area contributed by atoms with Crippen LogP contribution < -0.4 is 10.1 Å². The summed E-state index contributed by atoms with van der Waals surface area (Å²) in [6.07, 6.45) is 6.77. The summed E-state index contributed by atoms with van der Waals surface area (Å²) in [5.74, 6) is 0.754. The largest absolute Gasteiger partial charge is 0.477 e. The summed E-state index contributed by atoms with van der Waals surface area (Å²) in [7, 11) is 0. The van der Waals surface area contributed by atoms with Crippen molar-refractivity contribution in [3.8, 4) is 5.88 Å². The lowest BCUT2D eigenvalue weighted by molar-refractivity contribution is 0.259. The molecule has 1 atom stereocenters. The quantitative estimate of drug-likeness (QED) is 0.928. The molecule has 0 aromatic carbocycles. The van der Waals surface area contributed by atoms with Crippen molar-refractivity contribution in [2.75, 3.05) is 13.2 Å². The SMILES string of the molecule is Cc1cc(Br)cnc1OCCC1CCCCN1. The number of halogens is 1. The fourth-order valence-electron chi connectivity index (χ4n) is 2.15.